The van der Waals surface area contributed by atoms with Crippen LogP contribution < -0.4 is 5.32 Å². The number of esters is 1. The fourth-order valence-electron chi connectivity index (χ4n) is 1.25. The van der Waals surface area contributed by atoms with Gasteiger partial charge in [-0.15, -0.1) is 0 Å². The smallest absolute Gasteiger partial charge is 0.328 e. The van der Waals surface area contributed by atoms with Crippen LogP contribution in [-0.4, -0.2) is 37.0 Å². The molecule has 0 aromatic carbocycles. The van der Waals surface area contributed by atoms with Gasteiger partial charge >= 0.3 is 5.97 Å². The summed E-state index contributed by atoms with van der Waals surface area (Å²) in [5, 5.41) is 2.71. The number of ether oxygens (including phenoxy) is 1. The Hall–Kier alpha value is -0.710. The molecule has 5 heteroatoms. The molecule has 0 aliphatic heterocycles. The van der Waals surface area contributed by atoms with E-state index in [0.717, 1.165) is 5.75 Å². The minimum absolute atomic E-state index is 0.0912. The molecule has 0 rings (SSSR count). The molecule has 0 bridgehead atoms. The third-order valence-corrected chi connectivity index (χ3v) is 2.67. The maximum absolute atomic E-state index is 11.5. The zero-order chi connectivity index (χ0) is 12.6. The number of nitrogens with one attached hydrogen (secondary N) is 1. The van der Waals surface area contributed by atoms with Crippen LogP contribution in [0.4, 0.5) is 0 Å². The number of carbonyl (C=O) groups excluding carboxylic acids is 2. The molecule has 1 N–H and O–H groups in total. The molecule has 16 heavy (non-hydrogen) atoms. The zero-order valence-electron chi connectivity index (χ0n) is 10.4. The fourth-order valence-corrected chi connectivity index (χ4v) is 1.72. The van der Waals surface area contributed by atoms with Gasteiger partial charge in [-0.3, -0.25) is 4.79 Å². The van der Waals surface area contributed by atoms with Crippen LogP contribution in [0.5, 0.6) is 0 Å². The summed E-state index contributed by atoms with van der Waals surface area (Å²) in [6.45, 7) is 3.93. The third-order valence-electron chi connectivity index (χ3n) is 2.03. The molecule has 94 valence electrons. The van der Waals surface area contributed by atoms with E-state index in [1.165, 1.54) is 7.11 Å². The highest BCUT2D eigenvalue weighted by molar-refractivity contribution is 7.98. The van der Waals surface area contributed by atoms with Crippen molar-refractivity contribution in [3.05, 3.63) is 0 Å². The van der Waals surface area contributed by atoms with Crippen LogP contribution >= 0.6 is 11.8 Å². The Labute approximate surface area is 101 Å². The SMILES string of the molecule is COC(=O)[C@H](CCSC)NC(=O)CC(C)C. The summed E-state index contributed by atoms with van der Waals surface area (Å²) < 4.78 is 4.65. The van der Waals surface area contributed by atoms with E-state index < -0.39 is 6.04 Å². The molecule has 0 saturated carbocycles. The van der Waals surface area contributed by atoms with E-state index in [4.69, 9.17) is 0 Å². The molecule has 0 aliphatic carbocycles. The van der Waals surface area contributed by atoms with Gasteiger partial charge < -0.3 is 10.1 Å². The molecule has 0 fully saturated rings. The lowest BCUT2D eigenvalue weighted by Gasteiger charge is -2.16. The van der Waals surface area contributed by atoms with Crippen LogP contribution in [0, 0.1) is 5.92 Å². The molecule has 0 radical (unpaired) electrons. The van der Waals surface area contributed by atoms with E-state index in [0.29, 0.717) is 18.8 Å². The minimum Gasteiger partial charge on any atom is -0.467 e. The second kappa shape index (κ2) is 8.44. The Balaban J connectivity index is 4.19. The number of amides is 1. The van der Waals surface area contributed by atoms with Crippen molar-refractivity contribution in [1.82, 2.24) is 5.32 Å². The van der Waals surface area contributed by atoms with Gasteiger partial charge in [0, 0.05) is 6.42 Å². The highest BCUT2D eigenvalue weighted by atomic mass is 32.2. The Morgan fingerprint density at radius 2 is 2.00 bits per heavy atom. The number of hydrogen-bond donors (Lipinski definition) is 1. The number of thioether (sulfide) groups is 1. The first-order valence-corrected chi connectivity index (χ1v) is 6.76. The van der Waals surface area contributed by atoms with Crippen molar-refractivity contribution in [2.24, 2.45) is 5.92 Å². The molecule has 0 aromatic rings. The van der Waals surface area contributed by atoms with Crippen LogP contribution in [0.1, 0.15) is 26.7 Å². The Bertz CT molecular complexity index is 231. The van der Waals surface area contributed by atoms with Gasteiger partial charge in [0.2, 0.25) is 5.91 Å². The zero-order valence-corrected chi connectivity index (χ0v) is 11.2. The van der Waals surface area contributed by atoms with Gasteiger partial charge in [-0.2, -0.15) is 11.8 Å². The van der Waals surface area contributed by atoms with Crippen molar-refractivity contribution in [2.45, 2.75) is 32.7 Å². The lowest BCUT2D eigenvalue weighted by molar-refractivity contribution is -0.145. The summed E-state index contributed by atoms with van der Waals surface area (Å²) >= 11 is 1.64. The third kappa shape index (κ3) is 6.71. The summed E-state index contributed by atoms with van der Waals surface area (Å²) in [4.78, 5) is 22.9. The average molecular weight is 247 g/mol. The van der Waals surface area contributed by atoms with Crippen LogP contribution in [-0.2, 0) is 14.3 Å². The van der Waals surface area contributed by atoms with Crippen molar-refractivity contribution in [3.8, 4) is 0 Å². The van der Waals surface area contributed by atoms with E-state index in [2.05, 4.69) is 10.1 Å². The predicted molar refractivity (Wildman–Crippen MR) is 66.4 cm³/mol. The lowest BCUT2D eigenvalue weighted by Crippen LogP contribution is -2.42. The van der Waals surface area contributed by atoms with E-state index in [9.17, 15) is 9.59 Å². The second-order valence-corrected chi connectivity index (χ2v) is 5.01. The molecular formula is C11H21NO3S. The normalized spacial score (nSPS) is 12.3. The maximum atomic E-state index is 11.5. The quantitative estimate of drug-likeness (QED) is 0.692. The van der Waals surface area contributed by atoms with Crippen LogP contribution in [0.2, 0.25) is 0 Å². The van der Waals surface area contributed by atoms with Gasteiger partial charge in [0.05, 0.1) is 7.11 Å². The van der Waals surface area contributed by atoms with Crippen LogP contribution in [0.15, 0.2) is 0 Å². The monoisotopic (exact) mass is 247 g/mol. The summed E-state index contributed by atoms with van der Waals surface area (Å²) in [5.41, 5.74) is 0. The summed E-state index contributed by atoms with van der Waals surface area (Å²) in [6.07, 6.45) is 3.01. The number of methoxy groups -OCH3 is 1. The minimum atomic E-state index is -0.510. The molecule has 1 amide bonds. The molecule has 0 aromatic heterocycles. The fraction of sp³-hybridized carbons (Fsp3) is 0.818. The van der Waals surface area contributed by atoms with Crippen LogP contribution in [0.3, 0.4) is 0 Å². The van der Waals surface area contributed by atoms with Gasteiger partial charge in [0.1, 0.15) is 6.04 Å². The van der Waals surface area contributed by atoms with Gasteiger partial charge in [-0.25, -0.2) is 4.79 Å². The molecule has 4 nitrogen and oxygen atoms in total. The molecule has 0 unspecified atom stereocenters. The Kier molecular flexibility index (Phi) is 8.07. The first kappa shape index (κ1) is 15.3. The van der Waals surface area contributed by atoms with Gasteiger partial charge in [0.15, 0.2) is 0 Å². The van der Waals surface area contributed by atoms with Crippen LogP contribution in [0.25, 0.3) is 0 Å². The van der Waals surface area contributed by atoms with Crippen molar-refractivity contribution >= 4 is 23.6 Å². The van der Waals surface area contributed by atoms with Crippen molar-refractivity contribution in [1.29, 1.82) is 0 Å². The van der Waals surface area contributed by atoms with Crippen molar-refractivity contribution in [2.75, 3.05) is 19.1 Å². The number of hydrogen-bond acceptors (Lipinski definition) is 4. The highest BCUT2D eigenvalue weighted by Gasteiger charge is 2.20. The highest BCUT2D eigenvalue weighted by Crippen LogP contribution is 2.04. The topological polar surface area (TPSA) is 55.4 Å². The van der Waals surface area contributed by atoms with Gasteiger partial charge in [0.25, 0.3) is 0 Å². The van der Waals surface area contributed by atoms with E-state index in [1.807, 2.05) is 20.1 Å². The predicted octanol–water partition coefficient (Wildman–Crippen LogP) is 1.44. The maximum Gasteiger partial charge on any atom is 0.328 e. The first-order valence-electron chi connectivity index (χ1n) is 5.37. The summed E-state index contributed by atoms with van der Waals surface area (Å²) in [6, 6.07) is -0.510. The average Bonchev–Trinajstić information content (AvgIpc) is 2.21. The molecule has 0 saturated heterocycles. The van der Waals surface area contributed by atoms with Crippen molar-refractivity contribution < 1.29 is 14.3 Å². The Morgan fingerprint density at radius 3 is 2.44 bits per heavy atom. The number of carbonyl (C=O) groups is 2. The van der Waals surface area contributed by atoms with E-state index in [1.54, 1.807) is 11.8 Å². The molecule has 0 heterocycles. The lowest BCUT2D eigenvalue weighted by atomic mass is 10.1. The molecule has 0 aliphatic rings. The largest absolute Gasteiger partial charge is 0.467 e. The Morgan fingerprint density at radius 1 is 1.38 bits per heavy atom. The summed E-state index contributed by atoms with van der Waals surface area (Å²) in [7, 11) is 1.34. The van der Waals surface area contributed by atoms with E-state index in [-0.39, 0.29) is 11.9 Å². The number of rotatable bonds is 7. The standard InChI is InChI=1S/C11H21NO3S/c1-8(2)7-10(13)12-9(5-6-16-4)11(14)15-3/h8-9H,5-7H2,1-4H3,(H,12,13)/t9-/m0/s1. The van der Waals surface area contributed by atoms with Crippen molar-refractivity contribution in [3.63, 3.8) is 0 Å². The first-order chi connectivity index (χ1) is 7.51. The molecule has 0 spiro atoms. The second-order valence-electron chi connectivity index (χ2n) is 4.02. The summed E-state index contributed by atoms with van der Waals surface area (Å²) in [5.74, 6) is 0.651. The molecule has 1 atom stereocenters. The van der Waals surface area contributed by atoms with Gasteiger partial charge in [-0.1, -0.05) is 13.8 Å². The van der Waals surface area contributed by atoms with E-state index >= 15 is 0 Å². The molecular weight excluding hydrogens is 226 g/mol. The van der Waals surface area contributed by atoms with Gasteiger partial charge in [-0.05, 0) is 24.3 Å².